The third kappa shape index (κ3) is 4.75. The standard InChI is InChI=1S/C14H22O2/c1-11(2)7-8-14(15)10-16-9-13-6-4-5-12(13)3/h4-6,11,13H,7-10H2,1-3H3. The van der Waals surface area contributed by atoms with E-state index in [0.29, 0.717) is 24.9 Å². The van der Waals surface area contributed by atoms with Gasteiger partial charge in [0.25, 0.3) is 0 Å². The van der Waals surface area contributed by atoms with Gasteiger partial charge in [0.05, 0.1) is 6.61 Å². The summed E-state index contributed by atoms with van der Waals surface area (Å²) in [5.74, 6) is 1.18. The average Bonchev–Trinajstić information content (AvgIpc) is 2.61. The number of hydrogen-bond acceptors (Lipinski definition) is 2. The van der Waals surface area contributed by atoms with E-state index in [1.807, 2.05) is 6.08 Å². The van der Waals surface area contributed by atoms with E-state index >= 15 is 0 Å². The molecule has 0 heterocycles. The van der Waals surface area contributed by atoms with Crippen LogP contribution < -0.4 is 0 Å². The Labute approximate surface area is 98.4 Å². The molecule has 0 aromatic rings. The van der Waals surface area contributed by atoms with Crippen LogP contribution in [0.3, 0.4) is 0 Å². The van der Waals surface area contributed by atoms with Crippen LogP contribution in [0, 0.1) is 11.8 Å². The van der Waals surface area contributed by atoms with Gasteiger partial charge >= 0.3 is 0 Å². The van der Waals surface area contributed by atoms with Crippen LogP contribution in [0.25, 0.3) is 0 Å². The van der Waals surface area contributed by atoms with Gasteiger partial charge in [-0.25, -0.2) is 0 Å². The molecule has 1 aliphatic rings. The van der Waals surface area contributed by atoms with Gasteiger partial charge in [0.2, 0.25) is 0 Å². The van der Waals surface area contributed by atoms with Crippen molar-refractivity contribution in [2.45, 2.75) is 33.6 Å². The summed E-state index contributed by atoms with van der Waals surface area (Å²) in [4.78, 5) is 11.4. The molecule has 0 fully saturated rings. The topological polar surface area (TPSA) is 26.3 Å². The molecular formula is C14H22O2. The van der Waals surface area contributed by atoms with Gasteiger partial charge in [0.15, 0.2) is 5.78 Å². The Kier molecular flexibility index (Phi) is 5.47. The van der Waals surface area contributed by atoms with Crippen LogP contribution in [0.2, 0.25) is 0 Å². The average molecular weight is 222 g/mol. The zero-order chi connectivity index (χ0) is 12.0. The van der Waals surface area contributed by atoms with E-state index in [-0.39, 0.29) is 12.4 Å². The highest BCUT2D eigenvalue weighted by atomic mass is 16.5. The van der Waals surface area contributed by atoms with Crippen LogP contribution in [0.4, 0.5) is 0 Å². The minimum atomic E-state index is 0.220. The molecule has 0 bridgehead atoms. The largest absolute Gasteiger partial charge is 0.373 e. The van der Waals surface area contributed by atoms with E-state index in [0.717, 1.165) is 6.42 Å². The van der Waals surface area contributed by atoms with E-state index in [1.165, 1.54) is 5.57 Å². The minimum Gasteiger partial charge on any atom is -0.373 e. The SMILES string of the molecule is CC1=CC=CC1COCC(=O)CCC(C)C. The summed E-state index contributed by atoms with van der Waals surface area (Å²) < 4.78 is 5.44. The second kappa shape index (κ2) is 6.64. The smallest absolute Gasteiger partial charge is 0.158 e. The molecule has 2 nitrogen and oxygen atoms in total. The van der Waals surface area contributed by atoms with Gasteiger partial charge in [-0.15, -0.1) is 0 Å². The van der Waals surface area contributed by atoms with E-state index < -0.39 is 0 Å². The molecule has 1 atom stereocenters. The zero-order valence-electron chi connectivity index (χ0n) is 10.5. The van der Waals surface area contributed by atoms with Crippen LogP contribution in [0.1, 0.15) is 33.6 Å². The predicted molar refractivity (Wildman–Crippen MR) is 66.3 cm³/mol. The van der Waals surface area contributed by atoms with Crippen molar-refractivity contribution in [1.82, 2.24) is 0 Å². The Morgan fingerprint density at radius 1 is 1.50 bits per heavy atom. The molecule has 90 valence electrons. The fourth-order valence-electron chi connectivity index (χ4n) is 1.63. The first-order valence-electron chi connectivity index (χ1n) is 6.04. The molecule has 0 spiro atoms. The zero-order valence-corrected chi connectivity index (χ0v) is 10.5. The van der Waals surface area contributed by atoms with Crippen molar-refractivity contribution in [3.05, 3.63) is 23.8 Å². The van der Waals surface area contributed by atoms with Crippen molar-refractivity contribution in [3.63, 3.8) is 0 Å². The molecule has 16 heavy (non-hydrogen) atoms. The second-order valence-electron chi connectivity index (χ2n) is 4.89. The van der Waals surface area contributed by atoms with E-state index in [9.17, 15) is 4.79 Å². The van der Waals surface area contributed by atoms with Gasteiger partial charge in [-0.05, 0) is 19.3 Å². The van der Waals surface area contributed by atoms with E-state index in [1.54, 1.807) is 0 Å². The Balaban J connectivity index is 2.09. The number of ketones is 1. The molecule has 0 N–H and O–H groups in total. The number of carbonyl (C=O) groups excluding carboxylic acids is 1. The van der Waals surface area contributed by atoms with Gasteiger partial charge in [0, 0.05) is 12.3 Å². The number of hydrogen-bond donors (Lipinski definition) is 0. The highest BCUT2D eigenvalue weighted by molar-refractivity contribution is 5.79. The maximum absolute atomic E-state index is 11.4. The van der Waals surface area contributed by atoms with Gasteiger partial charge in [-0.2, -0.15) is 0 Å². The van der Waals surface area contributed by atoms with Gasteiger partial charge in [-0.1, -0.05) is 37.6 Å². The van der Waals surface area contributed by atoms with Gasteiger partial charge < -0.3 is 4.74 Å². The monoisotopic (exact) mass is 222 g/mol. The third-order valence-corrected chi connectivity index (χ3v) is 2.85. The van der Waals surface area contributed by atoms with Crippen molar-refractivity contribution < 1.29 is 9.53 Å². The summed E-state index contributed by atoms with van der Waals surface area (Å²) in [6, 6.07) is 0. The summed E-state index contributed by atoms with van der Waals surface area (Å²) in [5, 5.41) is 0. The van der Waals surface area contributed by atoms with Crippen molar-refractivity contribution in [3.8, 4) is 0 Å². The van der Waals surface area contributed by atoms with Crippen LogP contribution >= 0.6 is 0 Å². The van der Waals surface area contributed by atoms with E-state index in [4.69, 9.17) is 4.74 Å². The fourth-order valence-corrected chi connectivity index (χ4v) is 1.63. The Bertz CT molecular complexity index is 287. The molecule has 0 amide bonds. The van der Waals surface area contributed by atoms with Crippen molar-refractivity contribution in [2.24, 2.45) is 11.8 Å². The van der Waals surface area contributed by atoms with Gasteiger partial charge in [-0.3, -0.25) is 4.79 Å². The molecule has 0 saturated carbocycles. The highest BCUT2D eigenvalue weighted by Crippen LogP contribution is 2.18. The molecule has 0 saturated heterocycles. The molecule has 1 unspecified atom stereocenters. The van der Waals surface area contributed by atoms with Crippen molar-refractivity contribution in [2.75, 3.05) is 13.2 Å². The molecule has 0 aromatic carbocycles. The Morgan fingerprint density at radius 3 is 2.81 bits per heavy atom. The summed E-state index contributed by atoms with van der Waals surface area (Å²) in [6.45, 7) is 7.25. The van der Waals surface area contributed by atoms with Gasteiger partial charge in [0.1, 0.15) is 6.61 Å². The summed E-state index contributed by atoms with van der Waals surface area (Å²) in [6.07, 6.45) is 7.87. The summed E-state index contributed by atoms with van der Waals surface area (Å²) in [7, 11) is 0. The molecule has 2 heteroatoms. The summed E-state index contributed by atoms with van der Waals surface area (Å²) >= 11 is 0. The lowest BCUT2D eigenvalue weighted by Crippen LogP contribution is -2.14. The minimum absolute atomic E-state index is 0.220. The lowest BCUT2D eigenvalue weighted by molar-refractivity contribution is -0.124. The number of allylic oxidation sites excluding steroid dienone is 2. The highest BCUT2D eigenvalue weighted by Gasteiger charge is 2.11. The number of rotatable bonds is 7. The first kappa shape index (κ1) is 13.2. The number of ether oxygens (including phenoxy) is 1. The first-order chi connectivity index (χ1) is 7.59. The van der Waals surface area contributed by atoms with E-state index in [2.05, 4.69) is 32.9 Å². The molecule has 0 aromatic heterocycles. The lowest BCUT2D eigenvalue weighted by Gasteiger charge is -2.10. The quantitative estimate of drug-likeness (QED) is 0.661. The first-order valence-corrected chi connectivity index (χ1v) is 6.04. The fraction of sp³-hybridized carbons (Fsp3) is 0.643. The van der Waals surface area contributed by atoms with Crippen LogP contribution in [-0.2, 0) is 9.53 Å². The lowest BCUT2D eigenvalue weighted by atomic mass is 10.1. The maximum Gasteiger partial charge on any atom is 0.158 e. The summed E-state index contributed by atoms with van der Waals surface area (Å²) in [5.41, 5.74) is 1.31. The third-order valence-electron chi connectivity index (χ3n) is 2.85. The van der Waals surface area contributed by atoms with Crippen LogP contribution in [-0.4, -0.2) is 19.0 Å². The van der Waals surface area contributed by atoms with Crippen LogP contribution in [0.5, 0.6) is 0 Å². The number of carbonyl (C=O) groups is 1. The molecule has 1 aliphatic carbocycles. The Hall–Kier alpha value is -0.890. The van der Waals surface area contributed by atoms with Crippen LogP contribution in [0.15, 0.2) is 23.8 Å². The molecule has 1 rings (SSSR count). The molecular weight excluding hydrogens is 200 g/mol. The molecule has 0 radical (unpaired) electrons. The maximum atomic E-state index is 11.4. The predicted octanol–water partition coefficient (Wildman–Crippen LogP) is 3.14. The Morgan fingerprint density at radius 2 is 2.25 bits per heavy atom. The van der Waals surface area contributed by atoms with Crippen molar-refractivity contribution >= 4 is 5.78 Å². The number of Topliss-reactive ketones (excluding diaryl/α,β-unsaturated/α-hetero) is 1. The molecule has 0 aliphatic heterocycles. The van der Waals surface area contributed by atoms with Crippen molar-refractivity contribution in [1.29, 1.82) is 0 Å². The normalized spacial score (nSPS) is 19.2. The second-order valence-corrected chi connectivity index (χ2v) is 4.89.